The Hall–Kier alpha value is -2.97. The van der Waals surface area contributed by atoms with E-state index in [4.69, 9.17) is 0 Å². The number of hydrogen-bond acceptors (Lipinski definition) is 5. The number of carbonyl (C=O) groups excluding carboxylic acids is 2. The number of alkyl halides is 3. The highest BCUT2D eigenvalue weighted by atomic mass is 19.4. The minimum atomic E-state index is -4.44. The van der Waals surface area contributed by atoms with E-state index in [1.54, 1.807) is 12.1 Å². The minimum Gasteiger partial charge on any atom is -0.345 e. The molecule has 26 heavy (non-hydrogen) atoms. The summed E-state index contributed by atoms with van der Waals surface area (Å²) < 4.78 is 37.4. The summed E-state index contributed by atoms with van der Waals surface area (Å²) in [5.74, 6) is -1.44. The van der Waals surface area contributed by atoms with Gasteiger partial charge in [0.15, 0.2) is 0 Å². The van der Waals surface area contributed by atoms with Crippen LogP contribution in [0.4, 0.5) is 19.1 Å². The third-order valence-corrected chi connectivity index (χ3v) is 4.75. The summed E-state index contributed by atoms with van der Waals surface area (Å²) in [5, 5.41) is 4.43. The first-order chi connectivity index (χ1) is 12.3. The molecular formula is C17H13F3N4O2. The lowest BCUT2D eigenvalue weighted by molar-refractivity contribution is -0.125. The molecule has 2 N–H and O–H groups in total. The van der Waals surface area contributed by atoms with E-state index in [1.807, 2.05) is 12.1 Å². The van der Waals surface area contributed by atoms with Crippen LogP contribution in [0, 0.1) is 0 Å². The van der Waals surface area contributed by atoms with E-state index in [0.29, 0.717) is 18.4 Å². The summed E-state index contributed by atoms with van der Waals surface area (Å²) in [6.07, 6.45) is -2.30. The molecule has 1 aliphatic carbocycles. The highest BCUT2D eigenvalue weighted by Crippen LogP contribution is 2.46. The van der Waals surface area contributed by atoms with Gasteiger partial charge in [-0.3, -0.25) is 14.9 Å². The molecule has 1 atom stereocenters. The molecule has 9 heteroatoms. The number of nitrogens with one attached hydrogen (secondary N) is 2. The Bertz CT molecular complexity index is 928. The zero-order valence-electron chi connectivity index (χ0n) is 13.4. The number of fused-ring (bicyclic) bond motifs is 4. The monoisotopic (exact) mass is 362 g/mol. The maximum absolute atomic E-state index is 12.8. The third kappa shape index (κ3) is 2.42. The molecule has 2 aromatic rings. The Labute approximate surface area is 145 Å². The third-order valence-electron chi connectivity index (χ3n) is 4.75. The fraction of sp³-hybridized carbons (Fsp3) is 0.294. The van der Waals surface area contributed by atoms with Crippen molar-refractivity contribution in [2.75, 3.05) is 11.9 Å². The Morgan fingerprint density at radius 1 is 1.23 bits per heavy atom. The number of imide groups is 1. The molecule has 1 unspecified atom stereocenters. The van der Waals surface area contributed by atoms with Crippen LogP contribution in [0.2, 0.25) is 0 Å². The van der Waals surface area contributed by atoms with Gasteiger partial charge in [0.25, 0.3) is 5.91 Å². The molecule has 6 nitrogen and oxygen atoms in total. The van der Waals surface area contributed by atoms with Crippen LogP contribution in [0.15, 0.2) is 30.5 Å². The number of rotatable bonds is 2. The van der Waals surface area contributed by atoms with Crippen molar-refractivity contribution in [3.8, 4) is 0 Å². The lowest BCUT2D eigenvalue weighted by Gasteiger charge is -2.33. The molecule has 0 bridgehead atoms. The van der Waals surface area contributed by atoms with Crippen LogP contribution in [0.3, 0.4) is 0 Å². The van der Waals surface area contributed by atoms with Crippen LogP contribution in [-0.4, -0.2) is 34.5 Å². The molecule has 4 rings (SSSR count). The molecule has 2 aliphatic rings. The second kappa shape index (κ2) is 5.52. The SMILES string of the molecule is O=C1NC(=O)C2(CCc3ccccc32)c2nc(NCC(F)(F)F)ncc21. The van der Waals surface area contributed by atoms with Gasteiger partial charge in [0.05, 0.1) is 11.3 Å². The van der Waals surface area contributed by atoms with Gasteiger partial charge in [-0.1, -0.05) is 24.3 Å². The van der Waals surface area contributed by atoms with Gasteiger partial charge in [-0.25, -0.2) is 9.97 Å². The lowest BCUT2D eigenvalue weighted by atomic mass is 9.74. The molecule has 1 aliphatic heterocycles. The summed E-state index contributed by atoms with van der Waals surface area (Å²) in [6, 6.07) is 7.30. The van der Waals surface area contributed by atoms with Gasteiger partial charge >= 0.3 is 6.18 Å². The van der Waals surface area contributed by atoms with E-state index in [9.17, 15) is 22.8 Å². The zero-order valence-corrected chi connectivity index (χ0v) is 13.4. The number of halogens is 3. The molecule has 134 valence electrons. The molecule has 0 saturated carbocycles. The fourth-order valence-corrected chi connectivity index (χ4v) is 3.62. The molecule has 0 fully saturated rings. The molecule has 2 heterocycles. The van der Waals surface area contributed by atoms with Gasteiger partial charge in [-0.2, -0.15) is 13.2 Å². The maximum Gasteiger partial charge on any atom is 0.405 e. The average molecular weight is 362 g/mol. The van der Waals surface area contributed by atoms with Gasteiger partial charge < -0.3 is 5.32 Å². The topological polar surface area (TPSA) is 84.0 Å². The van der Waals surface area contributed by atoms with Gasteiger partial charge in [0, 0.05) is 6.20 Å². The van der Waals surface area contributed by atoms with Crippen LogP contribution in [-0.2, 0) is 16.6 Å². The molecule has 1 spiro atoms. The lowest BCUT2D eigenvalue weighted by Crippen LogP contribution is -2.52. The van der Waals surface area contributed by atoms with Crippen LogP contribution in [0.25, 0.3) is 0 Å². The molecule has 2 amide bonds. The van der Waals surface area contributed by atoms with Crippen LogP contribution < -0.4 is 10.6 Å². The number of hydrogen-bond donors (Lipinski definition) is 2. The normalized spacial score (nSPS) is 21.3. The van der Waals surface area contributed by atoms with Crippen LogP contribution in [0.5, 0.6) is 0 Å². The van der Waals surface area contributed by atoms with E-state index in [2.05, 4.69) is 20.6 Å². The largest absolute Gasteiger partial charge is 0.405 e. The molecule has 0 radical (unpaired) electrons. The predicted octanol–water partition coefficient (Wildman–Crippen LogP) is 1.95. The van der Waals surface area contributed by atoms with Crippen molar-refractivity contribution in [3.63, 3.8) is 0 Å². The molecule has 0 saturated heterocycles. The molecule has 1 aromatic carbocycles. The van der Waals surface area contributed by atoms with E-state index in [0.717, 1.165) is 11.8 Å². The van der Waals surface area contributed by atoms with E-state index in [-0.39, 0.29) is 17.2 Å². The standard InChI is InChI=1S/C17H13F3N4O2/c18-17(19,20)8-22-15-21-7-10-12(23-15)16(14(26)24-13(10)25)6-5-9-3-1-2-4-11(9)16/h1-4,7H,5-6,8H2,(H,21,22,23)(H,24,25,26). The molecule has 1 aromatic heterocycles. The Kier molecular flexibility index (Phi) is 3.50. The Morgan fingerprint density at radius 2 is 2.00 bits per heavy atom. The van der Waals surface area contributed by atoms with Crippen molar-refractivity contribution in [1.82, 2.24) is 15.3 Å². The highest BCUT2D eigenvalue weighted by Gasteiger charge is 2.53. The number of nitrogens with zero attached hydrogens (tertiary/aromatic N) is 2. The van der Waals surface area contributed by atoms with Gasteiger partial charge in [0.2, 0.25) is 11.9 Å². The van der Waals surface area contributed by atoms with Gasteiger partial charge in [-0.05, 0) is 24.0 Å². The van der Waals surface area contributed by atoms with Crippen LogP contribution >= 0.6 is 0 Å². The van der Waals surface area contributed by atoms with Crippen molar-refractivity contribution < 1.29 is 22.8 Å². The van der Waals surface area contributed by atoms with Crippen molar-refractivity contribution >= 4 is 17.8 Å². The van der Waals surface area contributed by atoms with Crippen molar-refractivity contribution in [1.29, 1.82) is 0 Å². The van der Waals surface area contributed by atoms with E-state index in [1.165, 1.54) is 0 Å². The van der Waals surface area contributed by atoms with Crippen molar-refractivity contribution in [2.45, 2.75) is 24.4 Å². The number of benzene rings is 1. The van der Waals surface area contributed by atoms with Gasteiger partial charge in [0.1, 0.15) is 12.0 Å². The number of aromatic nitrogens is 2. The predicted molar refractivity (Wildman–Crippen MR) is 84.6 cm³/mol. The number of carbonyl (C=O) groups is 2. The van der Waals surface area contributed by atoms with E-state index < -0.39 is 30.0 Å². The summed E-state index contributed by atoms with van der Waals surface area (Å²) in [7, 11) is 0. The zero-order chi connectivity index (χ0) is 18.5. The number of amides is 2. The smallest absolute Gasteiger partial charge is 0.345 e. The fourth-order valence-electron chi connectivity index (χ4n) is 3.62. The average Bonchev–Trinajstić information content (AvgIpc) is 2.98. The summed E-state index contributed by atoms with van der Waals surface area (Å²) in [4.78, 5) is 32.9. The first-order valence-electron chi connectivity index (χ1n) is 7.93. The maximum atomic E-state index is 12.8. The van der Waals surface area contributed by atoms with Crippen molar-refractivity contribution in [2.24, 2.45) is 0 Å². The second-order valence-electron chi connectivity index (χ2n) is 6.27. The first kappa shape index (κ1) is 16.5. The Morgan fingerprint density at radius 3 is 2.77 bits per heavy atom. The highest BCUT2D eigenvalue weighted by molar-refractivity contribution is 6.14. The number of anilines is 1. The summed E-state index contributed by atoms with van der Waals surface area (Å²) in [6.45, 7) is -1.31. The van der Waals surface area contributed by atoms with Gasteiger partial charge in [-0.15, -0.1) is 0 Å². The second-order valence-corrected chi connectivity index (χ2v) is 6.27. The Balaban J connectivity index is 1.85. The molecular weight excluding hydrogens is 349 g/mol. The quantitative estimate of drug-likeness (QED) is 0.798. The van der Waals surface area contributed by atoms with Crippen molar-refractivity contribution in [3.05, 3.63) is 52.8 Å². The summed E-state index contributed by atoms with van der Waals surface area (Å²) >= 11 is 0. The van der Waals surface area contributed by atoms with E-state index >= 15 is 0 Å². The summed E-state index contributed by atoms with van der Waals surface area (Å²) in [5.41, 5.74) is 0.713. The number of aryl methyl sites for hydroxylation is 1. The van der Waals surface area contributed by atoms with Crippen LogP contribution in [0.1, 0.15) is 33.6 Å². The first-order valence-corrected chi connectivity index (χ1v) is 7.93. The minimum absolute atomic E-state index is 0.0962.